The molecule has 2 rings (SSSR count). The fourth-order valence-electron chi connectivity index (χ4n) is 2.42. The second kappa shape index (κ2) is 5.90. The van der Waals surface area contributed by atoms with E-state index in [1.165, 1.54) is 29.4 Å². The van der Waals surface area contributed by atoms with Crippen LogP contribution in [-0.2, 0) is 12.8 Å². The first-order valence-electron chi connectivity index (χ1n) is 6.89. The van der Waals surface area contributed by atoms with Gasteiger partial charge in [0.25, 0.3) is 0 Å². The molecule has 1 nitrogen and oxygen atoms in total. The number of hydrogen-bond donors (Lipinski definition) is 0. The van der Waals surface area contributed by atoms with E-state index in [9.17, 15) is 0 Å². The highest BCUT2D eigenvalue weighted by Gasteiger charge is 2.12. The Morgan fingerprint density at radius 1 is 1.28 bits per heavy atom. The van der Waals surface area contributed by atoms with Gasteiger partial charge in [-0.2, -0.15) is 0 Å². The van der Waals surface area contributed by atoms with E-state index in [1.807, 2.05) is 0 Å². The first kappa shape index (κ1) is 12.9. The van der Waals surface area contributed by atoms with E-state index < -0.39 is 0 Å². The van der Waals surface area contributed by atoms with Gasteiger partial charge in [0.15, 0.2) is 0 Å². The number of allylic oxidation sites excluding steroid dienone is 2. The Kier molecular flexibility index (Phi) is 4.24. The molecule has 0 spiro atoms. The zero-order valence-corrected chi connectivity index (χ0v) is 11.6. The first-order chi connectivity index (χ1) is 8.77. The van der Waals surface area contributed by atoms with Crippen LogP contribution in [-0.4, -0.2) is 0 Å². The molecule has 0 bridgehead atoms. The molecule has 0 aliphatic carbocycles. The minimum absolute atomic E-state index is 0.952. The number of fused-ring (bicyclic) bond motifs is 1. The molecule has 1 heteroatoms. The molecule has 0 fully saturated rings. The van der Waals surface area contributed by atoms with Gasteiger partial charge < -0.3 is 4.42 Å². The molecule has 0 amide bonds. The molecule has 1 aromatic carbocycles. The van der Waals surface area contributed by atoms with Gasteiger partial charge in [-0.1, -0.05) is 43.7 Å². The van der Waals surface area contributed by atoms with E-state index in [4.69, 9.17) is 4.42 Å². The van der Waals surface area contributed by atoms with Crippen LogP contribution >= 0.6 is 0 Å². The molecule has 0 radical (unpaired) electrons. The summed E-state index contributed by atoms with van der Waals surface area (Å²) in [5.41, 5.74) is 3.77. The van der Waals surface area contributed by atoms with Crippen LogP contribution in [0.1, 0.15) is 43.6 Å². The van der Waals surface area contributed by atoms with Crippen LogP contribution in [0, 0.1) is 6.92 Å². The maximum Gasteiger partial charge on any atom is 0.138 e. The smallest absolute Gasteiger partial charge is 0.138 e. The quantitative estimate of drug-likeness (QED) is 0.656. The lowest BCUT2D eigenvalue weighted by Gasteiger charge is -2.00. The predicted molar refractivity (Wildman–Crippen MR) is 78.1 cm³/mol. The van der Waals surface area contributed by atoms with Crippen LogP contribution < -0.4 is 0 Å². The maximum atomic E-state index is 5.99. The fraction of sp³-hybridized carbons (Fsp3) is 0.412. The van der Waals surface area contributed by atoms with Crippen LogP contribution in [0.3, 0.4) is 0 Å². The Balaban J connectivity index is 2.45. The number of furan rings is 1. The summed E-state index contributed by atoms with van der Waals surface area (Å²) in [4.78, 5) is 0. The second-order valence-corrected chi connectivity index (χ2v) is 4.81. The summed E-state index contributed by atoms with van der Waals surface area (Å²) >= 11 is 0. The van der Waals surface area contributed by atoms with Gasteiger partial charge in [0.2, 0.25) is 0 Å². The molecule has 0 unspecified atom stereocenters. The molecule has 2 aromatic rings. The minimum atomic E-state index is 0.952. The second-order valence-electron chi connectivity index (χ2n) is 4.81. The number of unbranched alkanes of at least 4 members (excludes halogenated alkanes) is 1. The summed E-state index contributed by atoms with van der Waals surface area (Å²) in [7, 11) is 0. The molecule has 0 aliphatic heterocycles. The van der Waals surface area contributed by atoms with E-state index in [0.29, 0.717) is 0 Å². The molecule has 0 aliphatic rings. The highest BCUT2D eigenvalue weighted by molar-refractivity contribution is 5.85. The van der Waals surface area contributed by atoms with Crippen molar-refractivity contribution in [1.29, 1.82) is 0 Å². The van der Waals surface area contributed by atoms with Crippen LogP contribution in [0.4, 0.5) is 0 Å². The van der Waals surface area contributed by atoms with Gasteiger partial charge in [0, 0.05) is 10.9 Å². The van der Waals surface area contributed by atoms with E-state index in [2.05, 4.69) is 51.1 Å². The summed E-state index contributed by atoms with van der Waals surface area (Å²) in [5, 5.41) is 1.31. The SMILES string of the molecule is C/C=C/Cc1cccc2c(CCCC)c(C)oc12. The molecule has 0 saturated heterocycles. The van der Waals surface area contributed by atoms with Gasteiger partial charge in [-0.3, -0.25) is 0 Å². The summed E-state index contributed by atoms with van der Waals surface area (Å²) < 4.78 is 5.99. The molecule has 1 heterocycles. The van der Waals surface area contributed by atoms with Crippen LogP contribution in [0.15, 0.2) is 34.8 Å². The number of hydrogen-bond acceptors (Lipinski definition) is 1. The summed E-state index contributed by atoms with van der Waals surface area (Å²) in [6.45, 7) is 6.37. The summed E-state index contributed by atoms with van der Waals surface area (Å²) in [6, 6.07) is 6.50. The van der Waals surface area contributed by atoms with Crippen LogP contribution in [0.5, 0.6) is 0 Å². The van der Waals surface area contributed by atoms with Crippen molar-refractivity contribution in [2.45, 2.75) is 46.5 Å². The van der Waals surface area contributed by atoms with Gasteiger partial charge in [0.05, 0.1) is 0 Å². The highest BCUT2D eigenvalue weighted by atomic mass is 16.3. The van der Waals surface area contributed by atoms with Gasteiger partial charge in [-0.15, -0.1) is 0 Å². The molecular formula is C17H22O. The van der Waals surface area contributed by atoms with Crippen molar-refractivity contribution in [3.8, 4) is 0 Å². The predicted octanol–water partition coefficient (Wildman–Crippen LogP) is 5.20. The summed E-state index contributed by atoms with van der Waals surface area (Å²) in [5.74, 6) is 1.09. The third-order valence-corrected chi connectivity index (χ3v) is 3.46. The lowest BCUT2D eigenvalue weighted by molar-refractivity contribution is 0.567. The minimum Gasteiger partial charge on any atom is -0.461 e. The average Bonchev–Trinajstić information content (AvgIpc) is 2.70. The highest BCUT2D eigenvalue weighted by Crippen LogP contribution is 2.29. The third-order valence-electron chi connectivity index (χ3n) is 3.46. The molecule has 0 saturated carbocycles. The number of rotatable bonds is 5. The van der Waals surface area contributed by atoms with Crippen LogP contribution in [0.2, 0.25) is 0 Å². The van der Waals surface area contributed by atoms with Crippen molar-refractivity contribution in [2.75, 3.05) is 0 Å². The Morgan fingerprint density at radius 3 is 2.83 bits per heavy atom. The Morgan fingerprint density at radius 2 is 2.11 bits per heavy atom. The Hall–Kier alpha value is -1.50. The van der Waals surface area contributed by atoms with Gasteiger partial charge in [-0.25, -0.2) is 0 Å². The molecule has 0 atom stereocenters. The number of aryl methyl sites for hydroxylation is 2. The van der Waals surface area contributed by atoms with Crippen molar-refractivity contribution in [3.63, 3.8) is 0 Å². The monoisotopic (exact) mass is 242 g/mol. The van der Waals surface area contributed by atoms with Crippen molar-refractivity contribution in [3.05, 3.63) is 47.2 Å². The lowest BCUT2D eigenvalue weighted by Crippen LogP contribution is -1.86. The van der Waals surface area contributed by atoms with E-state index in [-0.39, 0.29) is 0 Å². The van der Waals surface area contributed by atoms with Crippen molar-refractivity contribution < 1.29 is 4.42 Å². The third kappa shape index (κ3) is 2.50. The zero-order chi connectivity index (χ0) is 13.0. The Bertz CT molecular complexity index is 546. The summed E-state index contributed by atoms with van der Waals surface area (Å²) in [6.07, 6.45) is 8.81. The Labute approximate surface area is 110 Å². The van der Waals surface area contributed by atoms with Gasteiger partial charge in [0.1, 0.15) is 11.3 Å². The molecule has 18 heavy (non-hydrogen) atoms. The van der Waals surface area contributed by atoms with E-state index in [1.54, 1.807) is 0 Å². The van der Waals surface area contributed by atoms with Gasteiger partial charge in [-0.05, 0) is 38.7 Å². The van der Waals surface area contributed by atoms with Crippen molar-refractivity contribution in [1.82, 2.24) is 0 Å². The maximum absolute atomic E-state index is 5.99. The number of para-hydroxylation sites is 1. The first-order valence-corrected chi connectivity index (χ1v) is 6.89. The largest absolute Gasteiger partial charge is 0.461 e. The topological polar surface area (TPSA) is 13.1 Å². The van der Waals surface area contributed by atoms with Crippen LogP contribution in [0.25, 0.3) is 11.0 Å². The van der Waals surface area contributed by atoms with E-state index in [0.717, 1.165) is 24.2 Å². The van der Waals surface area contributed by atoms with Gasteiger partial charge >= 0.3 is 0 Å². The number of benzene rings is 1. The fourth-order valence-corrected chi connectivity index (χ4v) is 2.42. The molecule has 96 valence electrons. The lowest BCUT2D eigenvalue weighted by atomic mass is 10.0. The van der Waals surface area contributed by atoms with E-state index >= 15 is 0 Å². The van der Waals surface area contributed by atoms with Crippen molar-refractivity contribution >= 4 is 11.0 Å². The standard InChI is InChI=1S/C17H22O/c1-4-6-9-14-10-8-12-16-15(11-7-5-2)13(3)18-17(14)16/h4,6,8,10,12H,5,7,9,11H2,1-3H3/b6-4+. The zero-order valence-electron chi connectivity index (χ0n) is 11.6. The molecule has 0 N–H and O–H groups in total. The molecule has 1 aromatic heterocycles. The normalized spacial score (nSPS) is 11.7. The molecular weight excluding hydrogens is 220 g/mol. The van der Waals surface area contributed by atoms with Crippen molar-refractivity contribution in [2.24, 2.45) is 0 Å². The average molecular weight is 242 g/mol.